The van der Waals surface area contributed by atoms with Crippen molar-refractivity contribution in [1.82, 2.24) is 5.32 Å². The zero-order valence-corrected chi connectivity index (χ0v) is 27.4. The highest BCUT2D eigenvalue weighted by Crippen LogP contribution is 2.55. The normalized spacial score (nSPS) is 23.2. The summed E-state index contributed by atoms with van der Waals surface area (Å²) in [5.41, 5.74) is -3.10. The number of aliphatic hydroxyl groups is 1. The third kappa shape index (κ3) is 7.44. The average Bonchev–Trinajstić information content (AvgIpc) is 3.49. The van der Waals surface area contributed by atoms with Crippen LogP contribution in [0.5, 0.6) is 0 Å². The van der Waals surface area contributed by atoms with Crippen molar-refractivity contribution < 1.29 is 50.6 Å². The van der Waals surface area contributed by atoms with Crippen LogP contribution in [0.2, 0.25) is 5.02 Å². The molecule has 2 bridgehead atoms. The number of hydrogen-bond donors (Lipinski definition) is 3. The molecule has 0 spiro atoms. The average molecular weight is 689 g/mol. The summed E-state index contributed by atoms with van der Waals surface area (Å²) in [5, 5.41) is 14.9. The first-order valence-corrected chi connectivity index (χ1v) is 16.5. The molecule has 3 N–H and O–H groups in total. The number of carbonyl (C=O) groups is 3. The van der Waals surface area contributed by atoms with Gasteiger partial charge in [-0.2, -0.15) is 0 Å². The maximum absolute atomic E-state index is 14.0. The molecule has 252 valence electrons. The molecule has 0 aromatic heterocycles. The molecule has 46 heavy (non-hydrogen) atoms. The Labute approximate surface area is 269 Å². The van der Waals surface area contributed by atoms with E-state index in [-0.39, 0.29) is 21.9 Å². The molecule has 2 aromatic carbocycles. The van der Waals surface area contributed by atoms with Gasteiger partial charge in [-0.1, -0.05) is 25.4 Å². The lowest BCUT2D eigenvalue weighted by molar-refractivity contribution is -0.158. The number of halogens is 4. The van der Waals surface area contributed by atoms with Crippen molar-refractivity contribution in [2.45, 2.75) is 81.3 Å². The summed E-state index contributed by atoms with van der Waals surface area (Å²) in [4.78, 5) is 37.7. The molecule has 0 heterocycles. The predicted molar refractivity (Wildman–Crippen MR) is 161 cm³/mol. The summed E-state index contributed by atoms with van der Waals surface area (Å²) < 4.78 is 79.2. The Bertz CT molecular complexity index is 1630. The zero-order valence-electron chi connectivity index (χ0n) is 25.8. The Hall–Kier alpha value is -3.36. The van der Waals surface area contributed by atoms with Gasteiger partial charge in [-0.3, -0.25) is 4.79 Å². The van der Waals surface area contributed by atoms with Gasteiger partial charge in [0.05, 0.1) is 15.2 Å². The summed E-state index contributed by atoms with van der Waals surface area (Å²) in [7, 11) is -4.28. The molecule has 10 nitrogen and oxygen atoms in total. The number of hydrogen-bond acceptors (Lipinski definition) is 8. The molecule has 2 fully saturated rings. The highest BCUT2D eigenvalue weighted by atomic mass is 35.5. The van der Waals surface area contributed by atoms with E-state index in [0.29, 0.717) is 25.0 Å². The van der Waals surface area contributed by atoms with E-state index in [1.54, 1.807) is 34.6 Å². The first kappa shape index (κ1) is 35.5. The Kier molecular flexibility index (Phi) is 10.1. The number of amides is 2. The minimum Gasteiger partial charge on any atom is -0.461 e. The molecule has 15 heteroatoms. The molecule has 2 unspecified atom stereocenters. The molecule has 0 saturated heterocycles. The van der Waals surface area contributed by atoms with E-state index in [4.69, 9.17) is 21.1 Å². The number of nitrogens with one attached hydrogen (secondary N) is 2. The molecule has 2 saturated carbocycles. The quantitative estimate of drug-likeness (QED) is 0.234. The third-order valence-corrected chi connectivity index (χ3v) is 11.0. The largest absolute Gasteiger partial charge is 0.461 e. The van der Waals surface area contributed by atoms with Crippen molar-refractivity contribution in [2.75, 3.05) is 11.9 Å². The van der Waals surface area contributed by atoms with Crippen LogP contribution in [0, 0.1) is 35.2 Å². The molecular formula is C31H36ClF3N2O8S. The van der Waals surface area contributed by atoms with E-state index in [1.165, 1.54) is 12.1 Å². The monoisotopic (exact) mass is 688 g/mol. The van der Waals surface area contributed by atoms with Crippen molar-refractivity contribution in [3.05, 3.63) is 58.4 Å². The van der Waals surface area contributed by atoms with Crippen LogP contribution >= 0.6 is 11.6 Å². The van der Waals surface area contributed by atoms with Gasteiger partial charge in [0.2, 0.25) is 0 Å². The van der Waals surface area contributed by atoms with Crippen LogP contribution in [0.3, 0.4) is 0 Å². The first-order chi connectivity index (χ1) is 21.2. The summed E-state index contributed by atoms with van der Waals surface area (Å²) in [6.07, 6.45) is -0.0247. The smallest absolute Gasteiger partial charge is 0.408 e. The van der Waals surface area contributed by atoms with Crippen molar-refractivity contribution >= 4 is 45.1 Å². The van der Waals surface area contributed by atoms with Crippen LogP contribution in [-0.2, 0) is 24.1 Å². The molecule has 4 rings (SSSR count). The van der Waals surface area contributed by atoms with Gasteiger partial charge in [0.25, 0.3) is 5.91 Å². The van der Waals surface area contributed by atoms with Gasteiger partial charge < -0.3 is 25.2 Å². The number of rotatable bonds is 9. The highest BCUT2D eigenvalue weighted by Gasteiger charge is 2.61. The first-order valence-electron chi connectivity index (χ1n) is 14.6. The maximum atomic E-state index is 14.0. The van der Waals surface area contributed by atoms with Gasteiger partial charge in [0.1, 0.15) is 23.9 Å². The lowest BCUT2D eigenvalue weighted by Gasteiger charge is -2.33. The minimum atomic E-state index is -4.28. The highest BCUT2D eigenvalue weighted by molar-refractivity contribution is 7.92. The van der Waals surface area contributed by atoms with Gasteiger partial charge in [0.15, 0.2) is 27.3 Å². The van der Waals surface area contributed by atoms with Crippen molar-refractivity contribution in [3.8, 4) is 0 Å². The number of carbonyl (C=O) groups excluding carboxylic acids is 3. The summed E-state index contributed by atoms with van der Waals surface area (Å²) in [5.74, 6) is -8.27. The second kappa shape index (κ2) is 13.0. The van der Waals surface area contributed by atoms with Crippen molar-refractivity contribution in [3.63, 3.8) is 0 Å². The Morgan fingerprint density at radius 2 is 1.72 bits per heavy atom. The van der Waals surface area contributed by atoms with Gasteiger partial charge >= 0.3 is 12.1 Å². The summed E-state index contributed by atoms with van der Waals surface area (Å²) in [6, 6.07) is 3.48. The van der Waals surface area contributed by atoms with Crippen molar-refractivity contribution in [1.29, 1.82) is 0 Å². The molecule has 5 atom stereocenters. The lowest BCUT2D eigenvalue weighted by atomic mass is 9.85. The fourth-order valence-corrected chi connectivity index (χ4v) is 9.07. The second-order valence-corrected chi connectivity index (χ2v) is 15.6. The minimum absolute atomic E-state index is 0.0141. The van der Waals surface area contributed by atoms with Gasteiger partial charge in [-0.25, -0.2) is 31.2 Å². The SMILES string of the molecule is CC(C)[C@H](NC(=O)OC(C)(C)C)C(=O)OC[C@@]1(O)CC2CCC1[C@@H]2S(=O)(=O)c1cc(C(=O)Nc2cc(F)c(F)c(F)c2)ccc1Cl. The molecule has 2 aromatic rings. The number of benzene rings is 2. The molecule has 2 aliphatic carbocycles. The van der Waals surface area contributed by atoms with E-state index in [0.717, 1.165) is 6.07 Å². The van der Waals surface area contributed by atoms with Crippen LogP contribution in [0.1, 0.15) is 64.2 Å². The van der Waals surface area contributed by atoms with Crippen LogP contribution in [-0.4, -0.2) is 60.6 Å². The van der Waals surface area contributed by atoms with Crippen LogP contribution < -0.4 is 10.6 Å². The molecule has 2 amide bonds. The van der Waals surface area contributed by atoms with E-state index < -0.39 is 97.8 Å². The Balaban J connectivity index is 1.51. The number of ether oxygens (including phenoxy) is 2. The maximum Gasteiger partial charge on any atom is 0.408 e. The Morgan fingerprint density at radius 3 is 2.30 bits per heavy atom. The van der Waals surface area contributed by atoms with Gasteiger partial charge in [-0.15, -0.1) is 0 Å². The fraction of sp³-hybridized carbons (Fsp3) is 0.516. The van der Waals surface area contributed by atoms with E-state index in [9.17, 15) is 41.1 Å². The second-order valence-electron chi connectivity index (χ2n) is 13.1. The molecule has 0 aliphatic heterocycles. The van der Waals surface area contributed by atoms with Gasteiger partial charge in [0, 0.05) is 29.3 Å². The van der Waals surface area contributed by atoms with E-state index in [1.807, 2.05) is 0 Å². The summed E-state index contributed by atoms with van der Waals surface area (Å²) >= 11 is 6.29. The van der Waals surface area contributed by atoms with E-state index >= 15 is 0 Å². The topological polar surface area (TPSA) is 148 Å². The fourth-order valence-electron chi connectivity index (χ4n) is 6.14. The number of esters is 1. The summed E-state index contributed by atoms with van der Waals surface area (Å²) in [6.45, 7) is 7.86. The van der Waals surface area contributed by atoms with Crippen LogP contribution in [0.15, 0.2) is 35.2 Å². The van der Waals surface area contributed by atoms with Gasteiger partial charge in [-0.05, 0) is 70.1 Å². The standard InChI is InChI=1S/C31H36ClF3N2O8S/c1-15(2)25(37-29(40)45-30(3,4)5)28(39)44-14-31(41)13-17-6-8-19(31)26(17)46(42,43)23-10-16(7-9-20(23)32)27(38)36-18-11-21(33)24(35)22(34)12-18/h7,9-12,15,17,19,25-26,41H,6,8,13-14H2,1-5H3,(H,36,38)(H,37,40)/t17?,19?,25-,26+,31-/m0/s1. The Morgan fingerprint density at radius 1 is 1.09 bits per heavy atom. The predicted octanol–water partition coefficient (Wildman–Crippen LogP) is 5.41. The van der Waals surface area contributed by atoms with Crippen molar-refractivity contribution in [2.24, 2.45) is 17.8 Å². The molecule has 0 radical (unpaired) electrons. The third-order valence-electron chi connectivity index (χ3n) is 8.17. The molecular weight excluding hydrogens is 653 g/mol. The number of fused-ring (bicyclic) bond motifs is 2. The van der Waals surface area contributed by atoms with E-state index in [2.05, 4.69) is 10.6 Å². The number of anilines is 1. The number of sulfone groups is 1. The number of alkyl carbamates (subject to hydrolysis) is 1. The lowest BCUT2D eigenvalue weighted by Crippen LogP contribution is -2.49. The van der Waals surface area contributed by atoms with Crippen LogP contribution in [0.25, 0.3) is 0 Å². The zero-order chi connectivity index (χ0) is 34.4. The van der Waals surface area contributed by atoms with Crippen LogP contribution in [0.4, 0.5) is 23.7 Å². The molecule has 2 aliphatic rings.